The van der Waals surface area contributed by atoms with E-state index in [9.17, 15) is 4.39 Å². The predicted octanol–water partition coefficient (Wildman–Crippen LogP) is 2.54. The van der Waals surface area contributed by atoms with Crippen molar-refractivity contribution in [1.29, 1.82) is 5.26 Å². The van der Waals surface area contributed by atoms with E-state index in [1.807, 2.05) is 6.07 Å². The van der Waals surface area contributed by atoms with Crippen molar-refractivity contribution in [2.24, 2.45) is 5.92 Å². The van der Waals surface area contributed by atoms with E-state index < -0.39 is 0 Å². The lowest BCUT2D eigenvalue weighted by atomic mass is 10.0. The number of ether oxygens (including phenoxy) is 1. The van der Waals surface area contributed by atoms with Crippen LogP contribution in [0.3, 0.4) is 0 Å². The van der Waals surface area contributed by atoms with Crippen LogP contribution in [0.5, 0.6) is 0 Å². The fourth-order valence-electron chi connectivity index (χ4n) is 1.99. The first-order valence-electron chi connectivity index (χ1n) is 5.81. The van der Waals surface area contributed by atoms with Gasteiger partial charge in [-0.1, -0.05) is 0 Å². The molecule has 0 aliphatic carbocycles. The minimum Gasteiger partial charge on any atom is -0.384 e. The van der Waals surface area contributed by atoms with Gasteiger partial charge in [0.15, 0.2) is 0 Å². The third kappa shape index (κ3) is 3.18. The van der Waals surface area contributed by atoms with E-state index in [1.54, 1.807) is 6.07 Å². The van der Waals surface area contributed by atoms with Crippen LogP contribution in [0.15, 0.2) is 18.2 Å². The summed E-state index contributed by atoms with van der Waals surface area (Å²) >= 11 is 0. The van der Waals surface area contributed by atoms with Crippen molar-refractivity contribution in [3.05, 3.63) is 29.6 Å². The monoisotopic (exact) mass is 234 g/mol. The lowest BCUT2D eigenvalue weighted by Crippen LogP contribution is -2.24. The third-order valence-electron chi connectivity index (χ3n) is 2.94. The second kappa shape index (κ2) is 5.65. The SMILES string of the molecule is N#Cc1cc(F)ccc1NCC1CCCOC1. The summed E-state index contributed by atoms with van der Waals surface area (Å²) in [5, 5.41) is 12.1. The highest BCUT2D eigenvalue weighted by atomic mass is 19.1. The van der Waals surface area contributed by atoms with Gasteiger partial charge in [-0.15, -0.1) is 0 Å². The smallest absolute Gasteiger partial charge is 0.124 e. The molecule has 1 aliphatic heterocycles. The summed E-state index contributed by atoms with van der Waals surface area (Å²) in [7, 11) is 0. The van der Waals surface area contributed by atoms with Gasteiger partial charge in [0, 0.05) is 13.2 Å². The zero-order valence-corrected chi connectivity index (χ0v) is 9.58. The van der Waals surface area contributed by atoms with Gasteiger partial charge in [0.1, 0.15) is 11.9 Å². The van der Waals surface area contributed by atoms with Crippen molar-refractivity contribution in [1.82, 2.24) is 0 Å². The maximum absolute atomic E-state index is 12.9. The second-order valence-electron chi connectivity index (χ2n) is 4.27. The molecule has 1 aliphatic rings. The highest BCUT2D eigenvalue weighted by molar-refractivity contribution is 5.57. The van der Waals surface area contributed by atoms with Crippen molar-refractivity contribution in [2.45, 2.75) is 12.8 Å². The van der Waals surface area contributed by atoms with Crippen LogP contribution in [0, 0.1) is 23.1 Å². The van der Waals surface area contributed by atoms with E-state index in [4.69, 9.17) is 10.00 Å². The van der Waals surface area contributed by atoms with Crippen LogP contribution in [0.2, 0.25) is 0 Å². The van der Waals surface area contributed by atoms with Crippen LogP contribution in [0.25, 0.3) is 0 Å². The van der Waals surface area contributed by atoms with Crippen LogP contribution in [-0.4, -0.2) is 19.8 Å². The first kappa shape index (κ1) is 11.9. The molecule has 90 valence electrons. The van der Waals surface area contributed by atoms with Crippen molar-refractivity contribution >= 4 is 5.69 Å². The van der Waals surface area contributed by atoms with Crippen LogP contribution in [-0.2, 0) is 4.74 Å². The zero-order chi connectivity index (χ0) is 12.1. The van der Waals surface area contributed by atoms with Crippen LogP contribution >= 0.6 is 0 Å². The topological polar surface area (TPSA) is 45.0 Å². The van der Waals surface area contributed by atoms with Gasteiger partial charge in [0.05, 0.1) is 17.9 Å². The molecule has 1 aromatic rings. The predicted molar refractivity (Wildman–Crippen MR) is 63.1 cm³/mol. The minimum absolute atomic E-state index is 0.349. The average Bonchev–Trinajstić information content (AvgIpc) is 2.38. The van der Waals surface area contributed by atoms with Gasteiger partial charge in [-0.2, -0.15) is 5.26 Å². The normalized spacial score (nSPS) is 19.6. The molecule has 0 saturated carbocycles. The molecule has 2 rings (SSSR count). The van der Waals surface area contributed by atoms with E-state index in [-0.39, 0.29) is 5.82 Å². The second-order valence-corrected chi connectivity index (χ2v) is 4.27. The molecule has 1 atom stereocenters. The molecule has 1 aromatic carbocycles. The number of benzene rings is 1. The van der Waals surface area contributed by atoms with Crippen molar-refractivity contribution in [3.63, 3.8) is 0 Å². The van der Waals surface area contributed by atoms with Gasteiger partial charge in [-0.25, -0.2) is 4.39 Å². The molecular formula is C13H15FN2O. The fraction of sp³-hybridized carbons (Fsp3) is 0.462. The van der Waals surface area contributed by atoms with Crippen molar-refractivity contribution in [2.75, 3.05) is 25.1 Å². The summed E-state index contributed by atoms with van der Waals surface area (Å²) in [6.45, 7) is 2.37. The standard InChI is InChI=1S/C13H15FN2O/c14-12-3-4-13(11(6-12)7-15)16-8-10-2-1-5-17-9-10/h3-4,6,10,16H,1-2,5,8-9H2. The first-order chi connectivity index (χ1) is 8.29. The molecule has 0 aromatic heterocycles. The van der Waals surface area contributed by atoms with Gasteiger partial charge in [-0.05, 0) is 37.0 Å². The number of hydrogen-bond acceptors (Lipinski definition) is 3. The molecule has 4 heteroatoms. The number of nitriles is 1. The maximum Gasteiger partial charge on any atom is 0.124 e. The Morgan fingerprint density at radius 1 is 1.53 bits per heavy atom. The maximum atomic E-state index is 12.9. The van der Waals surface area contributed by atoms with Gasteiger partial charge >= 0.3 is 0 Å². The van der Waals surface area contributed by atoms with E-state index in [0.717, 1.165) is 32.6 Å². The summed E-state index contributed by atoms with van der Waals surface area (Å²) in [4.78, 5) is 0. The minimum atomic E-state index is -0.381. The summed E-state index contributed by atoms with van der Waals surface area (Å²) in [6.07, 6.45) is 2.22. The highest BCUT2D eigenvalue weighted by Crippen LogP contribution is 2.19. The Labute approximate surface area is 100 Å². The van der Waals surface area contributed by atoms with Crippen LogP contribution in [0.1, 0.15) is 18.4 Å². The fourth-order valence-corrected chi connectivity index (χ4v) is 1.99. The van der Waals surface area contributed by atoms with Gasteiger partial charge in [-0.3, -0.25) is 0 Å². The molecule has 1 fully saturated rings. The van der Waals surface area contributed by atoms with E-state index in [1.165, 1.54) is 12.1 Å². The number of rotatable bonds is 3. The number of nitrogens with zero attached hydrogens (tertiary/aromatic N) is 1. The summed E-state index contributed by atoms with van der Waals surface area (Å²) < 4.78 is 18.3. The number of halogens is 1. The molecule has 17 heavy (non-hydrogen) atoms. The Kier molecular flexibility index (Phi) is 3.94. The molecule has 1 unspecified atom stereocenters. The number of anilines is 1. The Hall–Kier alpha value is -1.60. The summed E-state index contributed by atoms with van der Waals surface area (Å²) in [5.74, 6) is 0.0912. The lowest BCUT2D eigenvalue weighted by Gasteiger charge is -2.22. The molecule has 0 spiro atoms. The van der Waals surface area contributed by atoms with Crippen LogP contribution in [0.4, 0.5) is 10.1 Å². The molecule has 1 saturated heterocycles. The molecule has 3 nitrogen and oxygen atoms in total. The molecule has 1 heterocycles. The first-order valence-corrected chi connectivity index (χ1v) is 5.81. The summed E-state index contributed by atoms with van der Waals surface area (Å²) in [5.41, 5.74) is 1.04. The summed E-state index contributed by atoms with van der Waals surface area (Å²) in [6, 6.07) is 6.21. The zero-order valence-electron chi connectivity index (χ0n) is 9.58. The van der Waals surface area contributed by atoms with Crippen molar-refractivity contribution < 1.29 is 9.13 Å². The largest absolute Gasteiger partial charge is 0.384 e. The Bertz CT molecular complexity index is 422. The van der Waals surface area contributed by atoms with Crippen molar-refractivity contribution in [3.8, 4) is 6.07 Å². The van der Waals surface area contributed by atoms with Gasteiger partial charge in [0.25, 0.3) is 0 Å². The van der Waals surface area contributed by atoms with E-state index >= 15 is 0 Å². The van der Waals surface area contributed by atoms with Crippen LogP contribution < -0.4 is 5.32 Å². The van der Waals surface area contributed by atoms with E-state index in [2.05, 4.69) is 5.32 Å². The number of nitrogens with one attached hydrogen (secondary N) is 1. The highest BCUT2D eigenvalue weighted by Gasteiger charge is 2.14. The Morgan fingerprint density at radius 2 is 2.41 bits per heavy atom. The Balaban J connectivity index is 1.96. The average molecular weight is 234 g/mol. The molecule has 0 amide bonds. The van der Waals surface area contributed by atoms with Gasteiger partial charge < -0.3 is 10.1 Å². The third-order valence-corrected chi connectivity index (χ3v) is 2.94. The van der Waals surface area contributed by atoms with E-state index in [0.29, 0.717) is 17.2 Å². The number of hydrogen-bond donors (Lipinski definition) is 1. The van der Waals surface area contributed by atoms with Gasteiger partial charge in [0.2, 0.25) is 0 Å². The molecule has 0 radical (unpaired) electrons. The Morgan fingerprint density at radius 3 is 3.12 bits per heavy atom. The lowest BCUT2D eigenvalue weighted by molar-refractivity contribution is 0.0595. The molecule has 1 N–H and O–H groups in total. The quantitative estimate of drug-likeness (QED) is 0.874. The molecular weight excluding hydrogens is 219 g/mol. The molecule has 0 bridgehead atoms.